The van der Waals surface area contributed by atoms with Crippen LogP contribution in [0.4, 0.5) is 0 Å². The fourth-order valence-electron chi connectivity index (χ4n) is 1.18. The molecule has 2 rings (SSSR count). The lowest BCUT2D eigenvalue weighted by Crippen LogP contribution is -2.00. The second-order valence-corrected chi connectivity index (χ2v) is 2.98. The first-order valence-corrected chi connectivity index (χ1v) is 4.56. The predicted octanol–water partition coefficient (Wildman–Crippen LogP) is 1.38. The van der Waals surface area contributed by atoms with E-state index in [0.717, 1.165) is 18.5 Å². The summed E-state index contributed by atoms with van der Waals surface area (Å²) in [4.78, 5) is 3.00. The summed E-state index contributed by atoms with van der Waals surface area (Å²) < 4.78 is 5.42. The first-order valence-electron chi connectivity index (χ1n) is 4.56. The van der Waals surface area contributed by atoms with Crippen molar-refractivity contribution in [2.75, 3.05) is 6.54 Å². The van der Waals surface area contributed by atoms with Gasteiger partial charge in [-0.1, -0.05) is 0 Å². The molecule has 0 aromatic carbocycles. The molecule has 0 saturated heterocycles. The summed E-state index contributed by atoms with van der Waals surface area (Å²) in [5.41, 5.74) is 6.23. The second kappa shape index (κ2) is 5.53. The topological polar surface area (TPSA) is 80.7 Å². The Bertz CT molecular complexity index is 384. The third-order valence-electron chi connectivity index (χ3n) is 1.89. The van der Waals surface area contributed by atoms with Crippen LogP contribution in [0.3, 0.4) is 0 Å². The summed E-state index contributed by atoms with van der Waals surface area (Å²) in [7, 11) is 0. The van der Waals surface area contributed by atoms with Gasteiger partial charge in [-0.2, -0.15) is 0 Å². The van der Waals surface area contributed by atoms with Crippen molar-refractivity contribution in [2.24, 2.45) is 5.73 Å². The van der Waals surface area contributed by atoms with Gasteiger partial charge < -0.3 is 15.1 Å². The molecule has 2 aromatic heterocycles. The molecule has 0 aliphatic carbocycles. The molecule has 0 atom stereocenters. The molecular formula is C9H13ClN4O. The minimum absolute atomic E-state index is 0. The highest BCUT2D eigenvalue weighted by Crippen LogP contribution is 2.15. The van der Waals surface area contributed by atoms with E-state index in [-0.39, 0.29) is 12.4 Å². The Morgan fingerprint density at radius 2 is 2.27 bits per heavy atom. The Morgan fingerprint density at radius 1 is 1.40 bits per heavy atom. The minimum atomic E-state index is 0. The van der Waals surface area contributed by atoms with Gasteiger partial charge in [-0.25, -0.2) is 0 Å². The van der Waals surface area contributed by atoms with Crippen LogP contribution in [-0.4, -0.2) is 21.7 Å². The maximum Gasteiger partial charge on any atom is 0.264 e. The number of rotatable bonds is 4. The number of hydrogen-bond donors (Lipinski definition) is 2. The van der Waals surface area contributed by atoms with Crippen molar-refractivity contribution in [3.05, 3.63) is 24.2 Å². The van der Waals surface area contributed by atoms with Crippen molar-refractivity contribution in [3.8, 4) is 11.6 Å². The molecule has 0 radical (unpaired) electrons. The Labute approximate surface area is 93.5 Å². The largest absolute Gasteiger partial charge is 0.419 e. The van der Waals surface area contributed by atoms with Crippen LogP contribution < -0.4 is 5.73 Å². The van der Waals surface area contributed by atoms with Crippen LogP contribution in [0.2, 0.25) is 0 Å². The number of nitrogens with one attached hydrogen (secondary N) is 1. The van der Waals surface area contributed by atoms with E-state index in [0.29, 0.717) is 18.3 Å². The van der Waals surface area contributed by atoms with E-state index in [1.807, 2.05) is 18.3 Å². The first-order chi connectivity index (χ1) is 6.90. The van der Waals surface area contributed by atoms with Gasteiger partial charge in [0.2, 0.25) is 5.89 Å². The number of nitrogens with zero attached hydrogens (tertiary/aromatic N) is 2. The average molecular weight is 229 g/mol. The third-order valence-corrected chi connectivity index (χ3v) is 1.89. The summed E-state index contributed by atoms with van der Waals surface area (Å²) in [6.07, 6.45) is 3.43. The molecule has 0 amide bonds. The molecule has 6 heteroatoms. The quantitative estimate of drug-likeness (QED) is 0.829. The number of H-pyrrole nitrogens is 1. The van der Waals surface area contributed by atoms with Gasteiger partial charge in [0.15, 0.2) is 0 Å². The van der Waals surface area contributed by atoms with Gasteiger partial charge in [0, 0.05) is 12.6 Å². The zero-order valence-electron chi connectivity index (χ0n) is 8.14. The summed E-state index contributed by atoms with van der Waals surface area (Å²) in [6, 6.07) is 3.78. The Hall–Kier alpha value is -1.33. The van der Waals surface area contributed by atoms with Crippen molar-refractivity contribution in [3.63, 3.8) is 0 Å². The van der Waals surface area contributed by atoms with Gasteiger partial charge in [0.25, 0.3) is 5.89 Å². The van der Waals surface area contributed by atoms with Crippen molar-refractivity contribution in [2.45, 2.75) is 12.8 Å². The summed E-state index contributed by atoms with van der Waals surface area (Å²) >= 11 is 0. The smallest absolute Gasteiger partial charge is 0.264 e. The lowest BCUT2D eigenvalue weighted by molar-refractivity contribution is 0.498. The highest BCUT2D eigenvalue weighted by atomic mass is 35.5. The predicted molar refractivity (Wildman–Crippen MR) is 58.7 cm³/mol. The van der Waals surface area contributed by atoms with Gasteiger partial charge in [-0.05, 0) is 25.1 Å². The van der Waals surface area contributed by atoms with Gasteiger partial charge >= 0.3 is 0 Å². The van der Waals surface area contributed by atoms with E-state index in [2.05, 4.69) is 15.2 Å². The van der Waals surface area contributed by atoms with E-state index in [9.17, 15) is 0 Å². The van der Waals surface area contributed by atoms with Crippen molar-refractivity contribution >= 4 is 12.4 Å². The zero-order chi connectivity index (χ0) is 9.80. The van der Waals surface area contributed by atoms with Crippen LogP contribution in [0.15, 0.2) is 22.7 Å². The molecule has 82 valence electrons. The van der Waals surface area contributed by atoms with E-state index < -0.39 is 0 Å². The SMILES string of the molecule is Cl.NCCCc1nnc(-c2ccc[nH]2)o1. The van der Waals surface area contributed by atoms with Gasteiger partial charge in [0.1, 0.15) is 5.69 Å². The molecule has 2 aromatic rings. The lowest BCUT2D eigenvalue weighted by Gasteiger charge is -1.90. The Kier molecular flexibility index (Phi) is 4.33. The molecule has 0 spiro atoms. The molecule has 0 aliphatic heterocycles. The van der Waals surface area contributed by atoms with Gasteiger partial charge in [-0.15, -0.1) is 22.6 Å². The lowest BCUT2D eigenvalue weighted by atomic mass is 10.3. The van der Waals surface area contributed by atoms with Crippen molar-refractivity contribution in [1.29, 1.82) is 0 Å². The van der Waals surface area contributed by atoms with Crippen LogP contribution >= 0.6 is 12.4 Å². The molecule has 15 heavy (non-hydrogen) atoms. The molecule has 0 bridgehead atoms. The van der Waals surface area contributed by atoms with Gasteiger partial charge in [0.05, 0.1) is 0 Å². The van der Waals surface area contributed by atoms with Crippen LogP contribution in [-0.2, 0) is 6.42 Å². The van der Waals surface area contributed by atoms with Crippen LogP contribution in [0.5, 0.6) is 0 Å². The van der Waals surface area contributed by atoms with Crippen LogP contribution in [0, 0.1) is 0 Å². The van der Waals surface area contributed by atoms with E-state index in [1.54, 1.807) is 0 Å². The van der Waals surface area contributed by atoms with E-state index >= 15 is 0 Å². The summed E-state index contributed by atoms with van der Waals surface area (Å²) in [6.45, 7) is 0.639. The highest BCUT2D eigenvalue weighted by Gasteiger charge is 2.07. The number of halogens is 1. The molecule has 0 saturated carbocycles. The maximum atomic E-state index is 5.42. The van der Waals surface area contributed by atoms with E-state index in [4.69, 9.17) is 10.2 Å². The Morgan fingerprint density at radius 3 is 2.93 bits per heavy atom. The summed E-state index contributed by atoms with van der Waals surface area (Å²) in [5.74, 6) is 1.17. The maximum absolute atomic E-state index is 5.42. The van der Waals surface area contributed by atoms with Crippen LogP contribution in [0.1, 0.15) is 12.3 Å². The minimum Gasteiger partial charge on any atom is -0.419 e. The Balaban J connectivity index is 0.00000112. The van der Waals surface area contributed by atoms with E-state index in [1.165, 1.54) is 0 Å². The second-order valence-electron chi connectivity index (χ2n) is 2.98. The van der Waals surface area contributed by atoms with Crippen LogP contribution in [0.25, 0.3) is 11.6 Å². The first kappa shape index (κ1) is 11.7. The number of nitrogens with two attached hydrogens (primary N) is 1. The fourth-order valence-corrected chi connectivity index (χ4v) is 1.18. The standard InChI is InChI=1S/C9H12N4O.ClH/c10-5-1-4-8-12-13-9(14-8)7-3-2-6-11-7;/h2-3,6,11H,1,4-5,10H2;1H. The normalized spacial score (nSPS) is 9.93. The molecule has 5 nitrogen and oxygen atoms in total. The number of aromatic nitrogens is 3. The monoisotopic (exact) mass is 228 g/mol. The zero-order valence-corrected chi connectivity index (χ0v) is 8.96. The molecular weight excluding hydrogens is 216 g/mol. The molecule has 0 fully saturated rings. The molecule has 0 unspecified atom stereocenters. The van der Waals surface area contributed by atoms with Crippen molar-refractivity contribution in [1.82, 2.24) is 15.2 Å². The fraction of sp³-hybridized carbons (Fsp3) is 0.333. The summed E-state index contributed by atoms with van der Waals surface area (Å²) in [5, 5.41) is 7.84. The third kappa shape index (κ3) is 2.81. The number of hydrogen-bond acceptors (Lipinski definition) is 4. The number of aromatic amines is 1. The highest BCUT2D eigenvalue weighted by molar-refractivity contribution is 5.85. The average Bonchev–Trinajstić information content (AvgIpc) is 2.85. The van der Waals surface area contributed by atoms with Crippen molar-refractivity contribution < 1.29 is 4.42 Å². The van der Waals surface area contributed by atoms with Gasteiger partial charge in [-0.3, -0.25) is 0 Å². The number of aryl methyl sites for hydroxylation is 1. The molecule has 3 N–H and O–H groups in total. The molecule has 0 aliphatic rings. The molecule has 2 heterocycles.